The first-order chi connectivity index (χ1) is 17.3. The molecular weight excluding hydrogens is 464 g/mol. The topological polar surface area (TPSA) is 127 Å². The molecule has 1 aromatic heterocycles. The van der Waals surface area contributed by atoms with E-state index in [0.717, 1.165) is 35.4 Å². The summed E-state index contributed by atoms with van der Waals surface area (Å²) in [4.78, 5) is 55.3. The van der Waals surface area contributed by atoms with Crippen molar-refractivity contribution in [2.24, 2.45) is 0 Å². The molecule has 2 N–H and O–H groups in total. The molecule has 0 saturated carbocycles. The number of amides is 4. The van der Waals surface area contributed by atoms with Crippen LogP contribution >= 0.6 is 0 Å². The average Bonchev–Trinajstić information content (AvgIpc) is 3.19. The number of fused-ring (bicyclic) bond motifs is 2. The van der Waals surface area contributed by atoms with Crippen LogP contribution in [0.15, 0.2) is 30.5 Å². The second-order valence-electron chi connectivity index (χ2n) is 9.40. The number of aromatic nitrogens is 1. The first kappa shape index (κ1) is 23.8. The molecule has 3 unspecified atom stereocenters. The zero-order chi connectivity index (χ0) is 25.4. The third-order valence-corrected chi connectivity index (χ3v) is 6.91. The lowest BCUT2D eigenvalue weighted by molar-refractivity contribution is -0.136. The molecule has 3 aliphatic rings. The molecule has 0 bridgehead atoms. The molecule has 3 atom stereocenters. The van der Waals surface area contributed by atoms with Crippen LogP contribution in [-0.4, -0.2) is 46.3 Å². The molecule has 1 saturated heterocycles. The Bertz CT molecular complexity index is 1240. The largest absolute Gasteiger partial charge is 0.492 e. The number of aryl methyl sites for hydroxylation is 1. The molecule has 10 heteroatoms. The predicted octanol–water partition coefficient (Wildman–Crippen LogP) is 2.72. The van der Waals surface area contributed by atoms with Crippen LogP contribution in [0.1, 0.15) is 78.0 Å². The Morgan fingerprint density at radius 2 is 2.03 bits per heavy atom. The summed E-state index contributed by atoms with van der Waals surface area (Å²) in [7, 11) is 0. The summed E-state index contributed by atoms with van der Waals surface area (Å²) in [5, 5.41) is 5.12. The third-order valence-electron chi connectivity index (χ3n) is 6.91. The fourth-order valence-corrected chi connectivity index (χ4v) is 4.81. The molecule has 4 amide bonds. The number of ether oxygens (including phenoxy) is 2. The smallest absolute Gasteiger partial charge is 0.408 e. The van der Waals surface area contributed by atoms with Crippen molar-refractivity contribution in [3.05, 3.63) is 58.4 Å². The van der Waals surface area contributed by atoms with Crippen LogP contribution in [-0.2, 0) is 27.3 Å². The number of benzene rings is 1. The summed E-state index contributed by atoms with van der Waals surface area (Å²) in [6.45, 7) is 4.54. The average molecular weight is 493 g/mol. The maximum Gasteiger partial charge on any atom is 0.408 e. The fourth-order valence-electron chi connectivity index (χ4n) is 4.81. The Balaban J connectivity index is 1.21. The molecule has 4 heterocycles. The van der Waals surface area contributed by atoms with Gasteiger partial charge in [0.15, 0.2) is 0 Å². The lowest BCUT2D eigenvalue weighted by Crippen LogP contribution is -2.52. The van der Waals surface area contributed by atoms with Crippen LogP contribution in [0.2, 0.25) is 0 Å². The first-order valence-electron chi connectivity index (χ1n) is 12.2. The van der Waals surface area contributed by atoms with Crippen molar-refractivity contribution in [3.8, 4) is 5.75 Å². The highest BCUT2D eigenvalue weighted by Crippen LogP contribution is 2.31. The monoisotopic (exact) mass is 492 g/mol. The zero-order valence-electron chi connectivity index (χ0n) is 20.2. The lowest BCUT2D eigenvalue weighted by Gasteiger charge is -2.29. The predicted molar refractivity (Wildman–Crippen MR) is 127 cm³/mol. The molecule has 10 nitrogen and oxygen atoms in total. The van der Waals surface area contributed by atoms with E-state index in [2.05, 4.69) is 15.6 Å². The van der Waals surface area contributed by atoms with Crippen LogP contribution < -0.4 is 15.4 Å². The van der Waals surface area contributed by atoms with Gasteiger partial charge in [-0.3, -0.25) is 24.7 Å². The number of rotatable bonds is 5. The second-order valence-corrected chi connectivity index (χ2v) is 9.40. The van der Waals surface area contributed by atoms with Crippen LogP contribution in [0.4, 0.5) is 4.79 Å². The number of pyridine rings is 1. The molecule has 0 aliphatic carbocycles. The van der Waals surface area contributed by atoms with Crippen molar-refractivity contribution in [2.75, 3.05) is 6.61 Å². The number of nitrogens with one attached hydrogen (secondary N) is 2. The SMILES string of the molecule is CC(NC(=O)OC(C)c1ccc2c(c1)C(=O)N(C1CCC(=O)NC1=O)C2)c1cnc2c(c1)OCCC2. The van der Waals surface area contributed by atoms with Gasteiger partial charge in [-0.2, -0.15) is 0 Å². The number of hydrogen-bond donors (Lipinski definition) is 2. The number of nitrogens with zero attached hydrogens (tertiary/aromatic N) is 2. The maximum atomic E-state index is 13.0. The standard InChI is InChI=1S/C26H28N4O6/c1-14(18-11-22-20(27-12-18)4-3-9-35-22)28-26(34)36-15(2)16-5-6-17-13-30(25(33)19(17)10-16)21-7-8-23(31)29-24(21)32/h5-6,10-12,14-15,21H,3-4,7-9,13H2,1-2H3,(H,28,34)(H,29,31,32). The van der Waals surface area contributed by atoms with Crippen LogP contribution in [0.3, 0.4) is 0 Å². The molecule has 3 aliphatic heterocycles. The number of piperidine rings is 1. The van der Waals surface area contributed by atoms with Gasteiger partial charge in [-0.1, -0.05) is 12.1 Å². The molecule has 188 valence electrons. The molecule has 1 aromatic carbocycles. The number of imide groups is 1. The van der Waals surface area contributed by atoms with E-state index in [1.807, 2.05) is 25.1 Å². The quantitative estimate of drug-likeness (QED) is 0.615. The van der Waals surface area contributed by atoms with Crippen LogP contribution in [0.5, 0.6) is 5.75 Å². The van der Waals surface area contributed by atoms with E-state index >= 15 is 0 Å². The van der Waals surface area contributed by atoms with Gasteiger partial charge < -0.3 is 19.7 Å². The molecule has 0 radical (unpaired) electrons. The van der Waals surface area contributed by atoms with E-state index in [9.17, 15) is 19.2 Å². The van der Waals surface area contributed by atoms with Gasteiger partial charge in [0.2, 0.25) is 11.8 Å². The zero-order valence-corrected chi connectivity index (χ0v) is 20.2. The molecule has 0 spiro atoms. The van der Waals surface area contributed by atoms with Crippen molar-refractivity contribution in [1.29, 1.82) is 0 Å². The van der Waals surface area contributed by atoms with Crippen molar-refractivity contribution < 1.29 is 28.7 Å². The third kappa shape index (κ3) is 4.62. The highest BCUT2D eigenvalue weighted by molar-refractivity contribution is 6.05. The van der Waals surface area contributed by atoms with E-state index < -0.39 is 24.1 Å². The highest BCUT2D eigenvalue weighted by Gasteiger charge is 2.39. The number of alkyl carbamates (subject to hydrolysis) is 1. The van der Waals surface area contributed by atoms with Crippen LogP contribution in [0.25, 0.3) is 0 Å². The van der Waals surface area contributed by atoms with Gasteiger partial charge in [-0.25, -0.2) is 4.79 Å². The minimum Gasteiger partial charge on any atom is -0.492 e. The van der Waals surface area contributed by atoms with Crippen molar-refractivity contribution in [2.45, 2.75) is 64.3 Å². The van der Waals surface area contributed by atoms with Crippen molar-refractivity contribution in [1.82, 2.24) is 20.5 Å². The summed E-state index contributed by atoms with van der Waals surface area (Å²) in [5.74, 6) is -0.287. The van der Waals surface area contributed by atoms with E-state index in [1.54, 1.807) is 19.2 Å². The fraction of sp³-hybridized carbons (Fsp3) is 0.423. The Morgan fingerprint density at radius 1 is 1.19 bits per heavy atom. The van der Waals surface area contributed by atoms with Crippen molar-refractivity contribution in [3.63, 3.8) is 0 Å². The lowest BCUT2D eigenvalue weighted by atomic mass is 10.0. The summed E-state index contributed by atoms with van der Waals surface area (Å²) >= 11 is 0. The Labute approximate surface area is 208 Å². The van der Waals surface area contributed by atoms with E-state index in [4.69, 9.17) is 9.47 Å². The normalized spacial score (nSPS) is 20.6. The van der Waals surface area contributed by atoms with Gasteiger partial charge in [0.1, 0.15) is 17.9 Å². The van der Waals surface area contributed by atoms with E-state index in [1.165, 1.54) is 4.90 Å². The number of carbonyl (C=O) groups is 4. The maximum absolute atomic E-state index is 13.0. The molecule has 36 heavy (non-hydrogen) atoms. The molecular formula is C26H28N4O6. The molecule has 1 fully saturated rings. The Morgan fingerprint density at radius 3 is 2.83 bits per heavy atom. The van der Waals surface area contributed by atoms with Crippen LogP contribution in [0, 0.1) is 0 Å². The molecule has 2 aromatic rings. The minimum absolute atomic E-state index is 0.203. The molecule has 5 rings (SSSR count). The van der Waals surface area contributed by atoms with Gasteiger partial charge in [0.05, 0.1) is 18.3 Å². The summed E-state index contributed by atoms with van der Waals surface area (Å²) in [6.07, 6.45) is 2.87. The summed E-state index contributed by atoms with van der Waals surface area (Å²) in [5.41, 5.74) is 3.67. The summed E-state index contributed by atoms with van der Waals surface area (Å²) in [6, 6.07) is 6.22. The van der Waals surface area contributed by atoms with E-state index in [-0.39, 0.29) is 24.3 Å². The van der Waals surface area contributed by atoms with Gasteiger partial charge >= 0.3 is 6.09 Å². The Hall–Kier alpha value is -3.95. The van der Waals surface area contributed by atoms with E-state index in [0.29, 0.717) is 30.7 Å². The number of hydrogen-bond acceptors (Lipinski definition) is 7. The Kier molecular flexibility index (Phi) is 6.34. The summed E-state index contributed by atoms with van der Waals surface area (Å²) < 4.78 is 11.2. The number of carbonyl (C=O) groups excluding carboxylic acids is 4. The second kappa shape index (κ2) is 9.60. The van der Waals surface area contributed by atoms with Gasteiger partial charge in [0.25, 0.3) is 5.91 Å². The van der Waals surface area contributed by atoms with Gasteiger partial charge in [-0.05, 0) is 61.9 Å². The first-order valence-corrected chi connectivity index (χ1v) is 12.2. The highest BCUT2D eigenvalue weighted by atomic mass is 16.6. The minimum atomic E-state index is -0.671. The van der Waals surface area contributed by atoms with Gasteiger partial charge in [0, 0.05) is 24.7 Å². The van der Waals surface area contributed by atoms with Gasteiger partial charge in [-0.15, -0.1) is 0 Å². The van der Waals surface area contributed by atoms with Crippen molar-refractivity contribution >= 4 is 23.8 Å².